The molecule has 10 heteroatoms. The van der Waals surface area contributed by atoms with Crippen LogP contribution in [0.4, 0.5) is 5.82 Å². The van der Waals surface area contributed by atoms with Crippen LogP contribution in [0.1, 0.15) is 55.8 Å². The average molecular weight is 463 g/mol. The number of ether oxygens (including phenoxy) is 1. The van der Waals surface area contributed by atoms with Crippen LogP contribution in [0.3, 0.4) is 0 Å². The van der Waals surface area contributed by atoms with Gasteiger partial charge in [0.1, 0.15) is 23.6 Å². The van der Waals surface area contributed by atoms with Gasteiger partial charge in [0.15, 0.2) is 5.82 Å². The fraction of sp³-hybridized carbons (Fsp3) is 0.348. The van der Waals surface area contributed by atoms with Crippen LogP contribution in [0, 0.1) is 6.92 Å². The van der Waals surface area contributed by atoms with Gasteiger partial charge in [0, 0.05) is 35.9 Å². The molecule has 0 bridgehead atoms. The van der Waals surface area contributed by atoms with Crippen molar-refractivity contribution < 1.29 is 9.26 Å². The van der Waals surface area contributed by atoms with Crippen molar-refractivity contribution in [2.24, 2.45) is 0 Å². The third-order valence-electron chi connectivity index (χ3n) is 5.73. The summed E-state index contributed by atoms with van der Waals surface area (Å²) < 4.78 is 15.4. The molecule has 169 valence electrons. The first-order valence-corrected chi connectivity index (χ1v) is 11.7. The number of nitrogens with zero attached hydrogens (tertiary/aromatic N) is 7. The fourth-order valence-corrected chi connectivity index (χ4v) is 4.29. The normalized spacial score (nSPS) is 14.7. The Morgan fingerprint density at radius 1 is 1.15 bits per heavy atom. The maximum absolute atomic E-state index is 6.02. The molecule has 1 aromatic carbocycles. The molecular weight excluding hydrogens is 438 g/mol. The van der Waals surface area contributed by atoms with Gasteiger partial charge in [-0.15, -0.1) is 5.10 Å². The molecule has 0 atom stereocenters. The number of anilines is 1. The zero-order valence-corrected chi connectivity index (χ0v) is 19.3. The summed E-state index contributed by atoms with van der Waals surface area (Å²) in [5.74, 6) is 3.93. The Bertz CT molecular complexity index is 1200. The maximum atomic E-state index is 6.02. The molecule has 0 saturated carbocycles. The average Bonchev–Trinajstić information content (AvgIpc) is 3.54. The van der Waals surface area contributed by atoms with E-state index in [0.717, 1.165) is 54.7 Å². The standard InChI is InChI=1S/C23H24N7O2S/c1-14(2)20-26-23(32-28-20)17-8-10-30(11-9-17)21-15(3)22(25-13-24-21)31-18-6-4-16(5-7-18)19-12-33-29-27-19/h4-7,12-14,17H,3,8-11H2,1-2H3. The van der Waals surface area contributed by atoms with Crippen LogP contribution in [0.15, 0.2) is 40.5 Å². The molecule has 0 amide bonds. The predicted octanol–water partition coefficient (Wildman–Crippen LogP) is 4.86. The molecule has 9 nitrogen and oxygen atoms in total. The van der Waals surface area contributed by atoms with Crippen molar-refractivity contribution in [2.45, 2.75) is 38.5 Å². The van der Waals surface area contributed by atoms with Crippen LogP contribution >= 0.6 is 11.5 Å². The lowest BCUT2D eigenvalue weighted by Gasteiger charge is -2.32. The van der Waals surface area contributed by atoms with E-state index in [2.05, 4.69) is 55.4 Å². The van der Waals surface area contributed by atoms with Gasteiger partial charge in [-0.1, -0.05) is 23.5 Å². The van der Waals surface area contributed by atoms with Crippen LogP contribution in [0.2, 0.25) is 0 Å². The molecule has 33 heavy (non-hydrogen) atoms. The Kier molecular flexibility index (Phi) is 5.99. The number of aromatic nitrogens is 6. The second-order valence-electron chi connectivity index (χ2n) is 8.30. The van der Waals surface area contributed by atoms with Crippen LogP contribution in [-0.2, 0) is 0 Å². The molecule has 5 rings (SSSR count). The van der Waals surface area contributed by atoms with E-state index in [1.54, 1.807) is 0 Å². The maximum Gasteiger partial charge on any atom is 0.229 e. The van der Waals surface area contributed by atoms with Gasteiger partial charge in [0.2, 0.25) is 11.8 Å². The van der Waals surface area contributed by atoms with E-state index < -0.39 is 0 Å². The molecule has 0 N–H and O–H groups in total. The Labute approximate surface area is 196 Å². The van der Waals surface area contributed by atoms with Gasteiger partial charge >= 0.3 is 0 Å². The van der Waals surface area contributed by atoms with Crippen LogP contribution in [0.5, 0.6) is 11.6 Å². The van der Waals surface area contributed by atoms with Crippen molar-refractivity contribution >= 4 is 17.4 Å². The van der Waals surface area contributed by atoms with E-state index >= 15 is 0 Å². The van der Waals surface area contributed by atoms with Crippen molar-refractivity contribution in [2.75, 3.05) is 18.0 Å². The molecule has 4 heterocycles. The zero-order chi connectivity index (χ0) is 22.8. The zero-order valence-electron chi connectivity index (χ0n) is 18.5. The minimum Gasteiger partial charge on any atom is -0.439 e. The number of hydrogen-bond acceptors (Lipinski definition) is 10. The minimum atomic E-state index is 0.260. The van der Waals surface area contributed by atoms with Gasteiger partial charge in [0.25, 0.3) is 0 Å². The Hall–Kier alpha value is -3.40. The van der Waals surface area contributed by atoms with Crippen LogP contribution < -0.4 is 9.64 Å². The van der Waals surface area contributed by atoms with Crippen LogP contribution in [-0.4, -0.2) is 42.8 Å². The summed E-state index contributed by atoms with van der Waals surface area (Å²) in [7, 11) is 0. The fourth-order valence-electron chi connectivity index (χ4n) is 3.83. The van der Waals surface area contributed by atoms with Gasteiger partial charge in [-0.3, -0.25) is 0 Å². The number of benzene rings is 1. The molecule has 0 aliphatic carbocycles. The molecule has 1 radical (unpaired) electrons. The van der Waals surface area contributed by atoms with Crippen molar-refractivity contribution in [1.82, 2.24) is 29.7 Å². The van der Waals surface area contributed by atoms with Gasteiger partial charge in [-0.25, -0.2) is 9.97 Å². The highest BCUT2D eigenvalue weighted by atomic mass is 32.1. The first-order valence-electron chi connectivity index (χ1n) is 10.9. The van der Waals surface area contributed by atoms with E-state index in [1.807, 2.05) is 29.6 Å². The molecule has 3 aromatic heterocycles. The Balaban J connectivity index is 1.26. The summed E-state index contributed by atoms with van der Waals surface area (Å²) >= 11 is 1.33. The SMILES string of the molecule is [CH2]c1c(Oc2ccc(-c3csnn3)cc2)ncnc1N1CCC(c2nc(C(C)C)no2)CC1. The molecule has 1 saturated heterocycles. The van der Waals surface area contributed by atoms with E-state index in [-0.39, 0.29) is 11.8 Å². The predicted molar refractivity (Wildman–Crippen MR) is 124 cm³/mol. The Morgan fingerprint density at radius 3 is 2.61 bits per heavy atom. The molecule has 1 aliphatic heterocycles. The van der Waals surface area contributed by atoms with Gasteiger partial charge in [0.05, 0.1) is 5.56 Å². The first kappa shape index (κ1) is 21.4. The van der Waals surface area contributed by atoms with Crippen molar-refractivity contribution in [3.05, 3.63) is 60.2 Å². The molecule has 4 aromatic rings. The molecule has 0 spiro atoms. The monoisotopic (exact) mass is 462 g/mol. The summed E-state index contributed by atoms with van der Waals surface area (Å²) in [6.07, 6.45) is 3.34. The second kappa shape index (κ2) is 9.22. The molecule has 0 unspecified atom stereocenters. The van der Waals surface area contributed by atoms with Crippen LogP contribution in [0.25, 0.3) is 11.3 Å². The highest BCUT2D eigenvalue weighted by Gasteiger charge is 2.27. The third-order valence-corrected chi connectivity index (χ3v) is 6.23. The summed E-state index contributed by atoms with van der Waals surface area (Å²) in [5, 5.41) is 10.1. The molecule has 1 fully saturated rings. The Morgan fingerprint density at radius 2 is 1.94 bits per heavy atom. The van der Waals surface area contributed by atoms with Gasteiger partial charge in [-0.2, -0.15) is 4.98 Å². The van der Waals surface area contributed by atoms with E-state index in [1.165, 1.54) is 17.9 Å². The largest absolute Gasteiger partial charge is 0.439 e. The highest BCUT2D eigenvalue weighted by Crippen LogP contribution is 2.34. The first-order chi connectivity index (χ1) is 16.1. The lowest BCUT2D eigenvalue weighted by Crippen LogP contribution is -2.34. The lowest BCUT2D eigenvalue weighted by molar-refractivity contribution is 0.325. The quantitative estimate of drug-likeness (QED) is 0.397. The topological polar surface area (TPSA) is 103 Å². The number of hydrogen-bond donors (Lipinski definition) is 0. The van der Waals surface area contributed by atoms with Crippen molar-refractivity contribution in [3.8, 4) is 22.9 Å². The summed E-state index contributed by atoms with van der Waals surface area (Å²) in [4.78, 5) is 15.6. The molecular formula is C23H24N7O2S. The summed E-state index contributed by atoms with van der Waals surface area (Å²) in [5.41, 5.74) is 2.50. The number of rotatable bonds is 6. The van der Waals surface area contributed by atoms with Gasteiger partial charge < -0.3 is 14.2 Å². The summed E-state index contributed by atoms with van der Waals surface area (Å²) in [6.45, 7) is 9.97. The number of piperidine rings is 1. The second-order valence-corrected chi connectivity index (χ2v) is 8.91. The van der Waals surface area contributed by atoms with Gasteiger partial charge in [-0.05, 0) is 55.6 Å². The van der Waals surface area contributed by atoms with Crippen molar-refractivity contribution in [1.29, 1.82) is 0 Å². The van der Waals surface area contributed by atoms with E-state index in [4.69, 9.17) is 9.26 Å². The van der Waals surface area contributed by atoms with E-state index in [0.29, 0.717) is 17.2 Å². The smallest absolute Gasteiger partial charge is 0.229 e. The highest BCUT2D eigenvalue weighted by molar-refractivity contribution is 7.03. The van der Waals surface area contributed by atoms with E-state index in [9.17, 15) is 0 Å². The minimum absolute atomic E-state index is 0.260. The third kappa shape index (κ3) is 4.56. The molecule has 1 aliphatic rings. The summed E-state index contributed by atoms with van der Waals surface area (Å²) in [6, 6.07) is 7.67. The lowest BCUT2D eigenvalue weighted by atomic mass is 9.96. The van der Waals surface area contributed by atoms with Crippen molar-refractivity contribution in [3.63, 3.8) is 0 Å².